The summed E-state index contributed by atoms with van der Waals surface area (Å²) in [5.41, 5.74) is 2.19. The van der Waals surface area contributed by atoms with Crippen LogP contribution in [0.3, 0.4) is 0 Å². The molecule has 1 aliphatic heterocycles. The number of hydrogen-bond donors (Lipinski definition) is 2. The van der Waals surface area contributed by atoms with Gasteiger partial charge in [0.15, 0.2) is 0 Å². The molecule has 5 nitrogen and oxygen atoms in total. The largest absolute Gasteiger partial charge is 0.469 e. The lowest BCUT2D eigenvalue weighted by atomic mass is 10.1. The van der Waals surface area contributed by atoms with Gasteiger partial charge in [-0.05, 0) is 18.1 Å². The molecule has 1 aliphatic rings. The number of fused-ring (bicyclic) bond motifs is 1. The maximum Gasteiger partial charge on any atom is 0.305 e. The Labute approximate surface area is 112 Å². The van der Waals surface area contributed by atoms with Crippen LogP contribution in [0.2, 0.25) is 0 Å². The minimum atomic E-state index is -0.249. The van der Waals surface area contributed by atoms with E-state index in [0.29, 0.717) is 25.8 Å². The molecule has 1 aromatic rings. The standard InChI is InChI=1S/C14H18N2O3/c1-19-13(17)7-4-8-15-14(18)12-9-10-5-2-3-6-11(10)16-12/h2-3,5-6,12,16H,4,7-9H2,1H3,(H,15,18)/t12-/m0/s1. The highest BCUT2D eigenvalue weighted by Crippen LogP contribution is 2.24. The first kappa shape index (κ1) is 13.4. The predicted octanol–water partition coefficient (Wildman–Crippen LogP) is 1.09. The van der Waals surface area contributed by atoms with E-state index < -0.39 is 0 Å². The molecule has 0 spiro atoms. The SMILES string of the molecule is COC(=O)CCCNC(=O)[C@@H]1Cc2ccccc2N1. The highest BCUT2D eigenvalue weighted by Gasteiger charge is 2.25. The fourth-order valence-corrected chi connectivity index (χ4v) is 2.13. The molecule has 19 heavy (non-hydrogen) atoms. The van der Waals surface area contributed by atoms with Gasteiger partial charge >= 0.3 is 5.97 Å². The minimum absolute atomic E-state index is 0.0268. The number of esters is 1. The molecule has 0 aliphatic carbocycles. The van der Waals surface area contributed by atoms with Crippen LogP contribution in [0.1, 0.15) is 18.4 Å². The quantitative estimate of drug-likeness (QED) is 0.616. The van der Waals surface area contributed by atoms with Gasteiger partial charge in [0.05, 0.1) is 7.11 Å². The van der Waals surface area contributed by atoms with E-state index >= 15 is 0 Å². The zero-order valence-electron chi connectivity index (χ0n) is 10.9. The molecule has 0 saturated heterocycles. The van der Waals surface area contributed by atoms with Crippen LogP contribution in [0.25, 0.3) is 0 Å². The third kappa shape index (κ3) is 3.47. The third-order valence-corrected chi connectivity index (χ3v) is 3.17. The number of benzene rings is 1. The fraction of sp³-hybridized carbons (Fsp3) is 0.429. The van der Waals surface area contributed by atoms with Gasteiger partial charge in [0, 0.05) is 25.1 Å². The molecule has 1 heterocycles. The molecular weight excluding hydrogens is 244 g/mol. The number of carbonyl (C=O) groups excluding carboxylic acids is 2. The molecule has 1 amide bonds. The van der Waals surface area contributed by atoms with Crippen molar-refractivity contribution in [3.05, 3.63) is 29.8 Å². The number of nitrogens with one attached hydrogen (secondary N) is 2. The summed E-state index contributed by atoms with van der Waals surface area (Å²) in [6.07, 6.45) is 1.63. The zero-order valence-corrected chi connectivity index (χ0v) is 10.9. The van der Waals surface area contributed by atoms with Crippen molar-refractivity contribution in [3.8, 4) is 0 Å². The van der Waals surface area contributed by atoms with Crippen LogP contribution in [-0.4, -0.2) is 31.6 Å². The van der Waals surface area contributed by atoms with Crippen LogP contribution >= 0.6 is 0 Å². The summed E-state index contributed by atoms with van der Waals surface area (Å²) in [6.45, 7) is 0.489. The van der Waals surface area contributed by atoms with Gasteiger partial charge in [0.25, 0.3) is 0 Å². The van der Waals surface area contributed by atoms with E-state index in [0.717, 1.165) is 11.3 Å². The minimum Gasteiger partial charge on any atom is -0.469 e. The topological polar surface area (TPSA) is 67.4 Å². The first-order chi connectivity index (χ1) is 9.20. The number of hydrogen-bond acceptors (Lipinski definition) is 4. The molecule has 0 radical (unpaired) electrons. The van der Waals surface area contributed by atoms with Gasteiger partial charge in [-0.3, -0.25) is 9.59 Å². The maximum atomic E-state index is 11.9. The Bertz CT molecular complexity index is 449. The van der Waals surface area contributed by atoms with Crippen LogP contribution < -0.4 is 10.6 Å². The second-order valence-electron chi connectivity index (χ2n) is 4.53. The lowest BCUT2D eigenvalue weighted by Crippen LogP contribution is -2.38. The van der Waals surface area contributed by atoms with Crippen molar-refractivity contribution in [1.82, 2.24) is 5.32 Å². The molecular formula is C14H18N2O3. The van der Waals surface area contributed by atoms with Crippen molar-refractivity contribution >= 4 is 17.6 Å². The number of anilines is 1. The van der Waals surface area contributed by atoms with Crippen LogP contribution in [0.5, 0.6) is 0 Å². The Morgan fingerprint density at radius 1 is 1.42 bits per heavy atom. The van der Waals surface area contributed by atoms with Crippen molar-refractivity contribution in [2.45, 2.75) is 25.3 Å². The number of ether oxygens (including phenoxy) is 1. The fourth-order valence-electron chi connectivity index (χ4n) is 2.13. The highest BCUT2D eigenvalue weighted by molar-refractivity contribution is 5.87. The van der Waals surface area contributed by atoms with Crippen LogP contribution in [0, 0.1) is 0 Å². The zero-order chi connectivity index (χ0) is 13.7. The second-order valence-corrected chi connectivity index (χ2v) is 4.53. The molecule has 0 bridgehead atoms. The number of rotatable bonds is 5. The van der Waals surface area contributed by atoms with Crippen LogP contribution in [0.4, 0.5) is 5.69 Å². The first-order valence-corrected chi connectivity index (χ1v) is 6.39. The van der Waals surface area contributed by atoms with Gasteiger partial charge in [-0.15, -0.1) is 0 Å². The normalized spacial score (nSPS) is 16.4. The summed E-state index contributed by atoms with van der Waals surface area (Å²) in [7, 11) is 1.36. The summed E-state index contributed by atoms with van der Waals surface area (Å²) >= 11 is 0. The van der Waals surface area contributed by atoms with E-state index in [2.05, 4.69) is 15.4 Å². The van der Waals surface area contributed by atoms with Crippen LogP contribution in [0.15, 0.2) is 24.3 Å². The lowest BCUT2D eigenvalue weighted by Gasteiger charge is -2.11. The Hall–Kier alpha value is -2.04. The molecule has 1 atom stereocenters. The second kappa shape index (κ2) is 6.22. The molecule has 2 N–H and O–H groups in total. The summed E-state index contributed by atoms with van der Waals surface area (Å²) in [4.78, 5) is 22.9. The summed E-state index contributed by atoms with van der Waals surface area (Å²) in [6, 6.07) is 7.70. The molecule has 2 rings (SSSR count). The van der Waals surface area contributed by atoms with E-state index in [9.17, 15) is 9.59 Å². The summed E-state index contributed by atoms with van der Waals surface area (Å²) in [5, 5.41) is 6.02. The summed E-state index contributed by atoms with van der Waals surface area (Å²) < 4.78 is 4.54. The van der Waals surface area contributed by atoms with Gasteiger partial charge in [0.1, 0.15) is 6.04 Å². The lowest BCUT2D eigenvalue weighted by molar-refractivity contribution is -0.140. The number of carbonyl (C=O) groups is 2. The van der Waals surface area contributed by atoms with Gasteiger partial charge in [-0.1, -0.05) is 18.2 Å². The number of methoxy groups -OCH3 is 1. The van der Waals surface area contributed by atoms with Crippen molar-refractivity contribution in [2.75, 3.05) is 19.0 Å². The summed E-state index contributed by atoms with van der Waals surface area (Å²) in [5.74, 6) is -0.276. The Morgan fingerprint density at radius 3 is 2.95 bits per heavy atom. The van der Waals surface area contributed by atoms with Crippen molar-refractivity contribution in [2.24, 2.45) is 0 Å². The first-order valence-electron chi connectivity index (χ1n) is 6.39. The van der Waals surface area contributed by atoms with E-state index in [-0.39, 0.29) is 17.9 Å². The molecule has 0 aromatic heterocycles. The third-order valence-electron chi connectivity index (χ3n) is 3.17. The van der Waals surface area contributed by atoms with E-state index in [1.165, 1.54) is 7.11 Å². The average molecular weight is 262 g/mol. The van der Waals surface area contributed by atoms with Crippen molar-refractivity contribution in [1.29, 1.82) is 0 Å². The van der Waals surface area contributed by atoms with Gasteiger partial charge in [-0.2, -0.15) is 0 Å². The molecule has 5 heteroatoms. The van der Waals surface area contributed by atoms with E-state index in [4.69, 9.17) is 0 Å². The maximum absolute atomic E-state index is 11.9. The molecule has 1 aromatic carbocycles. The Balaban J connectivity index is 1.73. The molecule has 0 fully saturated rings. The van der Waals surface area contributed by atoms with Crippen molar-refractivity contribution in [3.63, 3.8) is 0 Å². The van der Waals surface area contributed by atoms with E-state index in [1.54, 1.807) is 0 Å². The number of para-hydroxylation sites is 1. The molecule has 0 saturated carbocycles. The van der Waals surface area contributed by atoms with Gasteiger partial charge in [-0.25, -0.2) is 0 Å². The average Bonchev–Trinajstić information content (AvgIpc) is 2.87. The Kier molecular flexibility index (Phi) is 4.39. The number of amides is 1. The highest BCUT2D eigenvalue weighted by atomic mass is 16.5. The van der Waals surface area contributed by atoms with Crippen molar-refractivity contribution < 1.29 is 14.3 Å². The van der Waals surface area contributed by atoms with Gasteiger partial charge in [0.2, 0.25) is 5.91 Å². The Morgan fingerprint density at radius 2 is 2.21 bits per heavy atom. The molecule has 0 unspecified atom stereocenters. The van der Waals surface area contributed by atoms with Crippen LogP contribution in [-0.2, 0) is 20.7 Å². The smallest absolute Gasteiger partial charge is 0.305 e. The predicted molar refractivity (Wildman–Crippen MR) is 71.8 cm³/mol. The van der Waals surface area contributed by atoms with Gasteiger partial charge < -0.3 is 15.4 Å². The molecule has 102 valence electrons. The monoisotopic (exact) mass is 262 g/mol. The van der Waals surface area contributed by atoms with E-state index in [1.807, 2.05) is 24.3 Å².